The average Bonchev–Trinajstić information content (AvgIpc) is 2.76. The molecule has 148 valence electrons. The van der Waals surface area contributed by atoms with Crippen LogP contribution >= 0.6 is 0 Å². The molecule has 1 fully saturated rings. The van der Waals surface area contributed by atoms with Crippen molar-refractivity contribution in [3.63, 3.8) is 0 Å². The highest BCUT2D eigenvalue weighted by Gasteiger charge is 2.24. The van der Waals surface area contributed by atoms with Crippen LogP contribution in [0.25, 0.3) is 0 Å². The summed E-state index contributed by atoms with van der Waals surface area (Å²) < 4.78 is 11.2. The van der Waals surface area contributed by atoms with Gasteiger partial charge in [-0.1, -0.05) is 48.5 Å². The van der Waals surface area contributed by atoms with E-state index >= 15 is 0 Å². The highest BCUT2D eigenvalue weighted by molar-refractivity contribution is 5.78. The van der Waals surface area contributed by atoms with E-state index < -0.39 is 0 Å². The summed E-state index contributed by atoms with van der Waals surface area (Å²) in [6.45, 7) is 2.15. The first kappa shape index (κ1) is 19.9. The van der Waals surface area contributed by atoms with E-state index in [9.17, 15) is 9.59 Å². The lowest BCUT2D eigenvalue weighted by Gasteiger charge is -2.33. The van der Waals surface area contributed by atoms with E-state index in [0.29, 0.717) is 44.8 Å². The van der Waals surface area contributed by atoms with Gasteiger partial charge >= 0.3 is 0 Å². The number of benzene rings is 2. The maximum Gasteiger partial charge on any atom is 0.257 e. The van der Waals surface area contributed by atoms with E-state index in [1.165, 1.54) is 0 Å². The number of hydrogen-bond donors (Lipinski definition) is 1. The summed E-state index contributed by atoms with van der Waals surface area (Å²) in [5.41, 5.74) is 1.09. The van der Waals surface area contributed by atoms with Crippen molar-refractivity contribution in [1.29, 1.82) is 0 Å². The molecule has 2 aromatic rings. The van der Waals surface area contributed by atoms with Crippen molar-refractivity contribution in [1.82, 2.24) is 10.2 Å². The van der Waals surface area contributed by atoms with Crippen molar-refractivity contribution in [2.24, 2.45) is 0 Å². The van der Waals surface area contributed by atoms with E-state index in [0.717, 1.165) is 5.56 Å². The molecule has 1 atom stereocenters. The SMILES string of the molecule is O=C(COc1ccccc1)NCCCC(=O)N1CCOC(c2ccccc2)C1. The molecule has 1 unspecified atom stereocenters. The van der Waals surface area contributed by atoms with Crippen molar-refractivity contribution in [2.45, 2.75) is 18.9 Å². The van der Waals surface area contributed by atoms with Gasteiger partial charge in [0.15, 0.2) is 6.61 Å². The third-order valence-electron chi connectivity index (χ3n) is 4.59. The fourth-order valence-corrected chi connectivity index (χ4v) is 3.09. The summed E-state index contributed by atoms with van der Waals surface area (Å²) in [6, 6.07) is 19.2. The number of nitrogens with zero attached hydrogens (tertiary/aromatic N) is 1. The Bertz CT molecular complexity index is 752. The first-order chi connectivity index (χ1) is 13.7. The van der Waals surface area contributed by atoms with Crippen LogP contribution in [0.3, 0.4) is 0 Å². The van der Waals surface area contributed by atoms with E-state index in [4.69, 9.17) is 9.47 Å². The smallest absolute Gasteiger partial charge is 0.257 e. The van der Waals surface area contributed by atoms with Gasteiger partial charge in [-0.25, -0.2) is 0 Å². The third-order valence-corrected chi connectivity index (χ3v) is 4.59. The summed E-state index contributed by atoms with van der Waals surface area (Å²) in [7, 11) is 0. The monoisotopic (exact) mass is 382 g/mol. The highest BCUT2D eigenvalue weighted by atomic mass is 16.5. The maximum absolute atomic E-state index is 12.5. The zero-order valence-corrected chi connectivity index (χ0v) is 15.9. The molecule has 0 aliphatic carbocycles. The minimum atomic E-state index is -0.188. The van der Waals surface area contributed by atoms with Crippen LogP contribution in [0.1, 0.15) is 24.5 Å². The number of hydrogen-bond acceptors (Lipinski definition) is 4. The molecule has 1 heterocycles. The van der Waals surface area contributed by atoms with Gasteiger partial charge in [-0.05, 0) is 24.1 Å². The predicted octanol–water partition coefficient (Wildman–Crippen LogP) is 2.56. The van der Waals surface area contributed by atoms with Crippen LogP contribution in [0, 0.1) is 0 Å². The van der Waals surface area contributed by atoms with Gasteiger partial charge in [0.25, 0.3) is 5.91 Å². The molecule has 0 aromatic heterocycles. The van der Waals surface area contributed by atoms with Crippen molar-refractivity contribution >= 4 is 11.8 Å². The Morgan fingerprint density at radius 1 is 1.07 bits per heavy atom. The molecule has 6 heteroatoms. The summed E-state index contributed by atoms with van der Waals surface area (Å²) in [5.74, 6) is 0.568. The van der Waals surface area contributed by atoms with Gasteiger partial charge in [0.05, 0.1) is 13.2 Å². The molecule has 6 nitrogen and oxygen atoms in total. The molecule has 1 saturated heterocycles. The molecule has 1 aliphatic rings. The number of carbonyl (C=O) groups excluding carboxylic acids is 2. The Morgan fingerprint density at radius 2 is 1.79 bits per heavy atom. The minimum absolute atomic E-state index is 0.0276. The number of rotatable bonds is 8. The quantitative estimate of drug-likeness (QED) is 0.713. The number of nitrogens with one attached hydrogen (secondary N) is 1. The molecule has 28 heavy (non-hydrogen) atoms. The number of carbonyl (C=O) groups is 2. The summed E-state index contributed by atoms with van der Waals surface area (Å²) in [6.07, 6.45) is 0.929. The molecule has 1 aliphatic heterocycles. The topological polar surface area (TPSA) is 67.9 Å². The molecular formula is C22H26N2O4. The normalized spacial score (nSPS) is 16.4. The molecule has 3 rings (SSSR count). The van der Waals surface area contributed by atoms with Crippen LogP contribution in [0.5, 0.6) is 5.75 Å². The fraction of sp³-hybridized carbons (Fsp3) is 0.364. The molecule has 0 bridgehead atoms. The number of amides is 2. The van der Waals surface area contributed by atoms with Crippen molar-refractivity contribution < 1.29 is 19.1 Å². The Kier molecular flexibility index (Phi) is 7.44. The van der Waals surface area contributed by atoms with E-state index in [2.05, 4.69) is 5.32 Å². The number of morpholine rings is 1. The standard InChI is InChI=1S/C22H26N2O4/c25-21(17-28-19-10-5-2-6-11-19)23-13-7-12-22(26)24-14-15-27-20(16-24)18-8-3-1-4-9-18/h1-6,8-11,20H,7,12-17H2,(H,23,25). The second-order valence-electron chi connectivity index (χ2n) is 6.67. The van der Waals surface area contributed by atoms with Gasteiger partial charge < -0.3 is 19.7 Å². The first-order valence-electron chi connectivity index (χ1n) is 9.61. The van der Waals surface area contributed by atoms with Crippen molar-refractivity contribution in [3.05, 3.63) is 66.2 Å². The lowest BCUT2D eigenvalue weighted by molar-refractivity contribution is -0.139. The van der Waals surface area contributed by atoms with Gasteiger partial charge in [0, 0.05) is 19.5 Å². The molecular weight excluding hydrogens is 356 g/mol. The third kappa shape index (κ3) is 6.09. The van der Waals surface area contributed by atoms with E-state index in [-0.39, 0.29) is 24.5 Å². The molecule has 0 radical (unpaired) electrons. The number of para-hydroxylation sites is 1. The van der Waals surface area contributed by atoms with Crippen LogP contribution in [-0.4, -0.2) is 49.6 Å². The van der Waals surface area contributed by atoms with Crippen LogP contribution < -0.4 is 10.1 Å². The maximum atomic E-state index is 12.5. The molecule has 2 aromatic carbocycles. The van der Waals surface area contributed by atoms with Gasteiger partial charge in [-0.15, -0.1) is 0 Å². The minimum Gasteiger partial charge on any atom is -0.484 e. The molecule has 0 saturated carbocycles. The Balaban J connectivity index is 1.33. The molecule has 0 spiro atoms. The molecule has 1 N–H and O–H groups in total. The van der Waals surface area contributed by atoms with Crippen LogP contribution in [0.15, 0.2) is 60.7 Å². The van der Waals surface area contributed by atoms with Crippen LogP contribution in [0.4, 0.5) is 0 Å². The summed E-state index contributed by atoms with van der Waals surface area (Å²) in [5, 5.41) is 2.79. The van der Waals surface area contributed by atoms with Gasteiger partial charge in [-0.2, -0.15) is 0 Å². The Morgan fingerprint density at radius 3 is 2.54 bits per heavy atom. The Hall–Kier alpha value is -2.86. The van der Waals surface area contributed by atoms with Crippen LogP contribution in [0.2, 0.25) is 0 Å². The Labute approximate surface area is 165 Å². The van der Waals surface area contributed by atoms with E-state index in [1.807, 2.05) is 53.4 Å². The molecule has 2 amide bonds. The summed E-state index contributed by atoms with van der Waals surface area (Å²) >= 11 is 0. The number of ether oxygens (including phenoxy) is 2. The van der Waals surface area contributed by atoms with Gasteiger partial charge in [-0.3, -0.25) is 9.59 Å². The lowest BCUT2D eigenvalue weighted by Crippen LogP contribution is -2.42. The zero-order chi connectivity index (χ0) is 19.6. The average molecular weight is 382 g/mol. The van der Waals surface area contributed by atoms with Crippen LogP contribution in [-0.2, 0) is 14.3 Å². The zero-order valence-electron chi connectivity index (χ0n) is 15.9. The first-order valence-corrected chi connectivity index (χ1v) is 9.61. The van der Waals surface area contributed by atoms with Crippen molar-refractivity contribution in [2.75, 3.05) is 32.8 Å². The lowest BCUT2D eigenvalue weighted by atomic mass is 10.1. The van der Waals surface area contributed by atoms with Crippen molar-refractivity contribution in [3.8, 4) is 5.75 Å². The second kappa shape index (κ2) is 10.5. The predicted molar refractivity (Wildman–Crippen MR) is 106 cm³/mol. The second-order valence-corrected chi connectivity index (χ2v) is 6.67. The largest absolute Gasteiger partial charge is 0.484 e. The van der Waals surface area contributed by atoms with Gasteiger partial charge in [0.1, 0.15) is 11.9 Å². The van der Waals surface area contributed by atoms with Gasteiger partial charge in [0.2, 0.25) is 5.91 Å². The van der Waals surface area contributed by atoms with E-state index in [1.54, 1.807) is 12.1 Å². The summed E-state index contributed by atoms with van der Waals surface area (Å²) in [4.78, 5) is 26.1. The fourth-order valence-electron chi connectivity index (χ4n) is 3.09. The highest BCUT2D eigenvalue weighted by Crippen LogP contribution is 2.22.